The molecule has 90 heavy (non-hydrogen) atoms. The number of aliphatic hydroxyl groups excluding tert-OH is 1. The number of phosphoric ester groups is 2. The van der Waals surface area contributed by atoms with E-state index in [1.807, 2.05) is 0 Å². The lowest BCUT2D eigenvalue weighted by molar-refractivity contribution is -0.161. The van der Waals surface area contributed by atoms with Crippen LogP contribution in [-0.4, -0.2) is 96.7 Å². The van der Waals surface area contributed by atoms with Gasteiger partial charge >= 0.3 is 39.5 Å². The first-order chi connectivity index (χ1) is 43.2. The zero-order valence-electron chi connectivity index (χ0n) is 58.8. The molecule has 0 aromatic rings. The van der Waals surface area contributed by atoms with Crippen LogP contribution >= 0.6 is 15.6 Å². The summed E-state index contributed by atoms with van der Waals surface area (Å²) in [6.45, 7) is 14.1. The third-order valence-electron chi connectivity index (χ3n) is 17.0. The molecule has 0 aromatic carbocycles. The number of rotatable bonds is 68. The lowest BCUT2D eigenvalue weighted by Gasteiger charge is -2.21. The number of carbonyl (C=O) groups is 4. The molecule has 0 rings (SSSR count). The van der Waals surface area contributed by atoms with Crippen molar-refractivity contribution in [2.45, 2.75) is 369 Å². The van der Waals surface area contributed by atoms with Gasteiger partial charge in [0, 0.05) is 25.7 Å². The van der Waals surface area contributed by atoms with Crippen molar-refractivity contribution in [3.8, 4) is 0 Å². The van der Waals surface area contributed by atoms with E-state index in [1.54, 1.807) is 0 Å². The van der Waals surface area contributed by atoms with E-state index in [-0.39, 0.29) is 25.7 Å². The van der Waals surface area contributed by atoms with E-state index < -0.39 is 97.5 Å². The smallest absolute Gasteiger partial charge is 0.462 e. The fourth-order valence-electron chi connectivity index (χ4n) is 10.6. The molecule has 0 spiro atoms. The van der Waals surface area contributed by atoms with Crippen LogP contribution < -0.4 is 0 Å². The van der Waals surface area contributed by atoms with Gasteiger partial charge in [-0.25, -0.2) is 9.13 Å². The van der Waals surface area contributed by atoms with E-state index in [0.717, 1.165) is 114 Å². The first-order valence-electron chi connectivity index (χ1n) is 36.8. The Kier molecular flexibility index (Phi) is 59.4. The minimum Gasteiger partial charge on any atom is -0.462 e. The summed E-state index contributed by atoms with van der Waals surface area (Å²) in [6.07, 6.45) is 43.2. The molecule has 0 aromatic heterocycles. The van der Waals surface area contributed by atoms with Crippen molar-refractivity contribution in [3.63, 3.8) is 0 Å². The second kappa shape index (κ2) is 60.7. The largest absolute Gasteiger partial charge is 0.472 e. The number of aliphatic hydroxyl groups is 1. The predicted molar refractivity (Wildman–Crippen MR) is 363 cm³/mol. The van der Waals surface area contributed by atoms with Crippen LogP contribution in [0.4, 0.5) is 0 Å². The van der Waals surface area contributed by atoms with Gasteiger partial charge in [-0.2, -0.15) is 0 Å². The zero-order chi connectivity index (χ0) is 66.8. The highest BCUT2D eigenvalue weighted by Gasteiger charge is 2.30. The van der Waals surface area contributed by atoms with Crippen molar-refractivity contribution in [2.75, 3.05) is 39.6 Å². The van der Waals surface area contributed by atoms with Crippen LogP contribution in [0.5, 0.6) is 0 Å². The van der Waals surface area contributed by atoms with Gasteiger partial charge in [0.15, 0.2) is 12.2 Å². The molecular formula is C71H138O17P2. The van der Waals surface area contributed by atoms with Gasteiger partial charge in [-0.05, 0) is 49.4 Å². The Morgan fingerprint density at radius 2 is 0.533 bits per heavy atom. The maximum atomic E-state index is 13.0. The molecule has 0 saturated heterocycles. The average molecular weight is 1330 g/mol. The van der Waals surface area contributed by atoms with Gasteiger partial charge in [-0.3, -0.25) is 37.3 Å². The predicted octanol–water partition coefficient (Wildman–Crippen LogP) is 20.1. The van der Waals surface area contributed by atoms with Crippen LogP contribution in [0.1, 0.15) is 351 Å². The van der Waals surface area contributed by atoms with Crippen molar-refractivity contribution in [2.24, 2.45) is 23.7 Å². The maximum absolute atomic E-state index is 13.0. The number of phosphoric acid groups is 2. The average Bonchev–Trinajstić information content (AvgIpc) is 3.69. The summed E-state index contributed by atoms with van der Waals surface area (Å²) in [5, 5.41) is 10.6. The maximum Gasteiger partial charge on any atom is 0.472 e. The first-order valence-corrected chi connectivity index (χ1v) is 39.8. The quantitative estimate of drug-likeness (QED) is 0.0222. The molecule has 0 radical (unpaired) electrons. The molecule has 0 heterocycles. The molecule has 534 valence electrons. The minimum atomic E-state index is -4.95. The summed E-state index contributed by atoms with van der Waals surface area (Å²) in [7, 11) is -9.90. The Hall–Kier alpha value is -1.94. The molecule has 0 bridgehead atoms. The summed E-state index contributed by atoms with van der Waals surface area (Å²) in [5.41, 5.74) is 0. The van der Waals surface area contributed by atoms with E-state index >= 15 is 0 Å². The SMILES string of the molecule is CCC(C)CCCCCCCCCCC(=O)O[C@H](COC(=O)CCCCCCCCCCCCCCCCCC(C)C)COP(=O)(O)OC[C@@H](O)COP(=O)(O)OC[C@@H](COC(=O)CCCCCCCCC(C)CC)OC(=O)CCCCCCCCCC(C)C. The number of unbranched alkanes of at least 4 members (excludes halogenated alkanes) is 32. The van der Waals surface area contributed by atoms with Crippen LogP contribution in [-0.2, 0) is 65.4 Å². The van der Waals surface area contributed by atoms with Crippen LogP contribution in [0.25, 0.3) is 0 Å². The second-order valence-corrected chi connectivity index (χ2v) is 30.0. The van der Waals surface area contributed by atoms with E-state index in [0.29, 0.717) is 31.6 Å². The molecule has 0 fully saturated rings. The first kappa shape index (κ1) is 88.1. The van der Waals surface area contributed by atoms with Gasteiger partial charge in [0.05, 0.1) is 26.4 Å². The molecule has 0 aliphatic carbocycles. The van der Waals surface area contributed by atoms with Crippen LogP contribution in [0, 0.1) is 23.7 Å². The number of esters is 4. The van der Waals surface area contributed by atoms with Crippen molar-refractivity contribution in [1.29, 1.82) is 0 Å². The van der Waals surface area contributed by atoms with Gasteiger partial charge in [0.2, 0.25) is 0 Å². The molecule has 19 heteroatoms. The van der Waals surface area contributed by atoms with Gasteiger partial charge in [0.25, 0.3) is 0 Å². The van der Waals surface area contributed by atoms with Crippen molar-refractivity contribution < 1.29 is 80.2 Å². The minimum absolute atomic E-state index is 0.102. The van der Waals surface area contributed by atoms with Crippen LogP contribution in [0.15, 0.2) is 0 Å². The van der Waals surface area contributed by atoms with E-state index in [1.165, 1.54) is 148 Å². The van der Waals surface area contributed by atoms with Gasteiger partial charge in [0.1, 0.15) is 19.3 Å². The topological polar surface area (TPSA) is 237 Å². The number of ether oxygens (including phenoxy) is 4. The third-order valence-corrected chi connectivity index (χ3v) is 18.9. The summed E-state index contributed by atoms with van der Waals surface area (Å²) < 4.78 is 68.3. The molecule has 0 aliphatic heterocycles. The number of carbonyl (C=O) groups excluding carboxylic acids is 4. The summed E-state index contributed by atoms with van der Waals surface area (Å²) in [6, 6.07) is 0. The normalized spacial score (nSPS) is 14.9. The molecule has 0 amide bonds. The third kappa shape index (κ3) is 62.2. The molecular weight excluding hydrogens is 1190 g/mol. The molecule has 3 N–H and O–H groups in total. The number of hydrogen-bond acceptors (Lipinski definition) is 15. The zero-order valence-corrected chi connectivity index (χ0v) is 60.6. The molecule has 0 aliphatic rings. The highest BCUT2D eigenvalue weighted by atomic mass is 31.2. The second-order valence-electron chi connectivity index (χ2n) is 27.1. The molecule has 0 saturated carbocycles. The van der Waals surface area contributed by atoms with E-state index in [4.69, 9.17) is 37.0 Å². The highest BCUT2D eigenvalue weighted by molar-refractivity contribution is 7.47. The lowest BCUT2D eigenvalue weighted by atomic mass is 9.99. The fourth-order valence-corrected chi connectivity index (χ4v) is 12.2. The Morgan fingerprint density at radius 1 is 0.311 bits per heavy atom. The van der Waals surface area contributed by atoms with Crippen molar-refractivity contribution in [3.05, 3.63) is 0 Å². The van der Waals surface area contributed by atoms with Gasteiger partial charge in [-0.15, -0.1) is 0 Å². The van der Waals surface area contributed by atoms with Crippen molar-refractivity contribution in [1.82, 2.24) is 0 Å². The molecule has 7 atom stereocenters. The van der Waals surface area contributed by atoms with Crippen molar-refractivity contribution >= 4 is 39.5 Å². The molecule has 4 unspecified atom stereocenters. The molecule has 17 nitrogen and oxygen atoms in total. The van der Waals surface area contributed by atoms with Crippen LogP contribution in [0.2, 0.25) is 0 Å². The summed E-state index contributed by atoms with van der Waals surface area (Å²) in [4.78, 5) is 72.5. The standard InChI is InChI=1S/C71H138O17P2/c1-9-63(7)49-41-33-25-20-21-27-37-45-53-70(75)87-66(57-81-68(73)51-43-35-26-19-17-15-13-11-12-14-16-18-23-31-39-47-61(3)4)59-85-89(77,78)83-55-65(72)56-84-90(79,80)86-60-67(88-71(76)54-46-38-28-22-24-32-40-48-62(5)6)58-82-69(74)52-44-36-30-29-34-42-50-64(8)10-2/h61-67,72H,9-60H2,1-8H3,(H,77,78)(H,79,80)/t63?,64?,65-,66-,67-/m1/s1. The summed E-state index contributed by atoms with van der Waals surface area (Å²) in [5.74, 6) is 0.870. The van der Waals surface area contributed by atoms with E-state index in [2.05, 4.69) is 55.4 Å². The van der Waals surface area contributed by atoms with Gasteiger partial charge in [-0.1, -0.05) is 299 Å². The van der Waals surface area contributed by atoms with Gasteiger partial charge < -0.3 is 33.8 Å². The highest BCUT2D eigenvalue weighted by Crippen LogP contribution is 2.45. The Bertz CT molecular complexity index is 1790. The van der Waals surface area contributed by atoms with Crippen LogP contribution in [0.3, 0.4) is 0 Å². The van der Waals surface area contributed by atoms with E-state index in [9.17, 15) is 43.2 Å². The Morgan fingerprint density at radius 3 is 0.789 bits per heavy atom. The number of hydrogen-bond donors (Lipinski definition) is 3. The fraction of sp³-hybridized carbons (Fsp3) is 0.944. The Balaban J connectivity index is 5.21. The Labute approximate surface area is 549 Å². The monoisotopic (exact) mass is 1320 g/mol. The lowest BCUT2D eigenvalue weighted by Crippen LogP contribution is -2.30. The summed E-state index contributed by atoms with van der Waals surface area (Å²) >= 11 is 0.